The lowest BCUT2D eigenvalue weighted by Crippen LogP contribution is -2.16. The highest BCUT2D eigenvalue weighted by molar-refractivity contribution is 6.03. The van der Waals surface area contributed by atoms with Crippen molar-refractivity contribution in [2.45, 2.75) is 129 Å². The van der Waals surface area contributed by atoms with Gasteiger partial charge in [-0.05, 0) is 42.4 Å². The summed E-state index contributed by atoms with van der Waals surface area (Å²) < 4.78 is 0. The van der Waals surface area contributed by atoms with Gasteiger partial charge in [0, 0.05) is 0 Å². The van der Waals surface area contributed by atoms with E-state index in [1.165, 1.54) is 70.3 Å². The molecule has 0 radical (unpaired) electrons. The molecule has 0 aliphatic rings. The number of carbonyl (C=O) groups is 2. The van der Waals surface area contributed by atoms with Crippen molar-refractivity contribution in [1.82, 2.24) is 0 Å². The molecule has 0 aromatic heterocycles. The minimum atomic E-state index is -1.16. The van der Waals surface area contributed by atoms with E-state index in [0.717, 1.165) is 49.7 Å². The van der Waals surface area contributed by atoms with Gasteiger partial charge in [0.05, 0.1) is 11.1 Å². The first kappa shape index (κ1) is 28.2. The fourth-order valence-electron chi connectivity index (χ4n) is 4.68. The average molecular weight is 447 g/mol. The second-order valence-corrected chi connectivity index (χ2v) is 9.35. The Morgan fingerprint density at radius 3 is 1.72 bits per heavy atom. The molecule has 0 heterocycles. The average Bonchev–Trinajstić information content (AvgIpc) is 2.77. The Hall–Kier alpha value is -1.84. The van der Waals surface area contributed by atoms with Crippen LogP contribution in [-0.4, -0.2) is 22.2 Å². The van der Waals surface area contributed by atoms with Crippen LogP contribution in [-0.2, 0) is 6.42 Å². The van der Waals surface area contributed by atoms with Crippen LogP contribution in [0.1, 0.15) is 155 Å². The van der Waals surface area contributed by atoms with Gasteiger partial charge in [0.15, 0.2) is 0 Å². The van der Waals surface area contributed by atoms with Crippen LogP contribution in [0.2, 0.25) is 0 Å². The molecule has 0 fully saturated rings. The topological polar surface area (TPSA) is 74.6 Å². The monoisotopic (exact) mass is 446 g/mol. The number of hydrogen-bond donors (Lipinski definition) is 2. The molecule has 1 atom stereocenters. The van der Waals surface area contributed by atoms with Gasteiger partial charge in [0.25, 0.3) is 0 Å². The summed E-state index contributed by atoms with van der Waals surface area (Å²) in [6.45, 7) is 6.50. The number of rotatable bonds is 19. The van der Waals surface area contributed by atoms with Gasteiger partial charge in [-0.25, -0.2) is 9.59 Å². The van der Waals surface area contributed by atoms with Crippen molar-refractivity contribution in [1.29, 1.82) is 0 Å². The standard InChI is InChI=1S/C28H46O4/c1-4-6-8-10-12-13-15-17-19-23-20-21-24(27(29)30)26(28(31)32)25(23)22(3)18-16-14-11-9-7-5-2/h20-22H,4-19H2,1-3H3,(H,29,30)(H,31,32). The maximum atomic E-state index is 12.1. The fraction of sp³-hybridized carbons (Fsp3) is 0.714. The molecule has 182 valence electrons. The van der Waals surface area contributed by atoms with E-state index in [2.05, 4.69) is 20.8 Å². The smallest absolute Gasteiger partial charge is 0.336 e. The Kier molecular flexibility index (Phi) is 14.8. The number of aromatic carboxylic acids is 2. The van der Waals surface area contributed by atoms with Crippen LogP contribution in [0.25, 0.3) is 0 Å². The van der Waals surface area contributed by atoms with Gasteiger partial charge in [-0.1, -0.05) is 110 Å². The van der Waals surface area contributed by atoms with Gasteiger partial charge in [0.2, 0.25) is 0 Å². The number of benzene rings is 1. The summed E-state index contributed by atoms with van der Waals surface area (Å²) in [5.41, 5.74) is 1.71. The van der Waals surface area contributed by atoms with Crippen LogP contribution in [0.3, 0.4) is 0 Å². The molecule has 0 aliphatic heterocycles. The van der Waals surface area contributed by atoms with Crippen molar-refractivity contribution >= 4 is 11.9 Å². The van der Waals surface area contributed by atoms with E-state index in [9.17, 15) is 19.8 Å². The van der Waals surface area contributed by atoms with E-state index in [-0.39, 0.29) is 17.0 Å². The van der Waals surface area contributed by atoms with E-state index < -0.39 is 11.9 Å². The molecule has 0 saturated carbocycles. The van der Waals surface area contributed by atoms with Gasteiger partial charge in [-0.3, -0.25) is 0 Å². The van der Waals surface area contributed by atoms with Gasteiger partial charge < -0.3 is 10.2 Å². The van der Waals surface area contributed by atoms with Gasteiger partial charge in [0.1, 0.15) is 0 Å². The summed E-state index contributed by atoms with van der Waals surface area (Å²) in [4.78, 5) is 23.8. The third-order valence-electron chi connectivity index (χ3n) is 6.56. The zero-order valence-electron chi connectivity index (χ0n) is 20.8. The van der Waals surface area contributed by atoms with Crippen molar-refractivity contribution in [2.24, 2.45) is 0 Å². The summed E-state index contributed by atoms with van der Waals surface area (Å²) >= 11 is 0. The first-order chi connectivity index (χ1) is 15.4. The molecule has 4 nitrogen and oxygen atoms in total. The molecule has 2 N–H and O–H groups in total. The molecule has 0 bridgehead atoms. The Balaban J connectivity index is 2.83. The number of carboxylic acid groups (broad SMARTS) is 2. The largest absolute Gasteiger partial charge is 0.478 e. The minimum Gasteiger partial charge on any atom is -0.478 e. The maximum absolute atomic E-state index is 12.1. The Morgan fingerprint density at radius 1 is 0.719 bits per heavy atom. The van der Waals surface area contributed by atoms with E-state index >= 15 is 0 Å². The Labute approximate surface area is 195 Å². The summed E-state index contributed by atoms with van der Waals surface area (Å²) in [5, 5.41) is 19.5. The molecule has 1 rings (SSSR count). The molecule has 4 heteroatoms. The van der Waals surface area contributed by atoms with Crippen LogP contribution < -0.4 is 0 Å². The summed E-state index contributed by atoms with van der Waals surface area (Å²) in [6, 6.07) is 3.36. The normalized spacial score (nSPS) is 12.1. The SMILES string of the molecule is CCCCCCCCCCc1ccc(C(=O)O)c(C(=O)O)c1C(C)CCCCCCCC. The first-order valence-electron chi connectivity index (χ1n) is 13.1. The number of unbranched alkanes of at least 4 members (excludes halogenated alkanes) is 12. The zero-order valence-corrected chi connectivity index (χ0v) is 20.8. The number of carboxylic acids is 2. The highest BCUT2D eigenvalue weighted by atomic mass is 16.4. The van der Waals surface area contributed by atoms with Crippen LogP contribution in [0.4, 0.5) is 0 Å². The molecule has 0 aliphatic carbocycles. The minimum absolute atomic E-state index is 0.00745. The van der Waals surface area contributed by atoms with E-state index in [1.807, 2.05) is 6.07 Å². The van der Waals surface area contributed by atoms with Crippen LogP contribution >= 0.6 is 0 Å². The maximum Gasteiger partial charge on any atom is 0.336 e. The third-order valence-corrected chi connectivity index (χ3v) is 6.56. The van der Waals surface area contributed by atoms with E-state index in [4.69, 9.17) is 0 Å². The predicted octanol–water partition coefficient (Wildman–Crippen LogP) is 8.62. The van der Waals surface area contributed by atoms with Crippen LogP contribution in [0.5, 0.6) is 0 Å². The van der Waals surface area contributed by atoms with Crippen LogP contribution in [0, 0.1) is 0 Å². The lowest BCUT2D eigenvalue weighted by atomic mass is 9.83. The lowest BCUT2D eigenvalue weighted by Gasteiger charge is -2.21. The molecular formula is C28H46O4. The second-order valence-electron chi connectivity index (χ2n) is 9.35. The molecular weight excluding hydrogens is 400 g/mol. The molecule has 1 unspecified atom stereocenters. The summed E-state index contributed by atoms with van der Waals surface area (Å²) in [6.07, 6.45) is 18.7. The van der Waals surface area contributed by atoms with Gasteiger partial charge >= 0.3 is 11.9 Å². The molecule has 32 heavy (non-hydrogen) atoms. The van der Waals surface area contributed by atoms with E-state index in [1.54, 1.807) is 0 Å². The quantitative estimate of drug-likeness (QED) is 0.209. The van der Waals surface area contributed by atoms with E-state index in [0.29, 0.717) is 0 Å². The highest BCUT2D eigenvalue weighted by Gasteiger charge is 2.25. The summed E-state index contributed by atoms with van der Waals surface area (Å²) in [5.74, 6) is -2.23. The molecule has 0 spiro atoms. The van der Waals surface area contributed by atoms with Crippen molar-refractivity contribution in [3.63, 3.8) is 0 Å². The number of hydrogen-bond acceptors (Lipinski definition) is 2. The zero-order chi connectivity index (χ0) is 23.8. The first-order valence-corrected chi connectivity index (χ1v) is 13.1. The molecule has 1 aromatic rings. The van der Waals surface area contributed by atoms with Crippen LogP contribution in [0.15, 0.2) is 12.1 Å². The van der Waals surface area contributed by atoms with Crippen molar-refractivity contribution in [2.75, 3.05) is 0 Å². The van der Waals surface area contributed by atoms with Crippen molar-refractivity contribution < 1.29 is 19.8 Å². The fourth-order valence-corrected chi connectivity index (χ4v) is 4.68. The Morgan fingerprint density at radius 2 is 1.22 bits per heavy atom. The predicted molar refractivity (Wildman–Crippen MR) is 133 cm³/mol. The van der Waals surface area contributed by atoms with Gasteiger partial charge in [-0.2, -0.15) is 0 Å². The Bertz CT molecular complexity index is 680. The lowest BCUT2D eigenvalue weighted by molar-refractivity contribution is 0.0650. The summed E-state index contributed by atoms with van der Waals surface area (Å²) in [7, 11) is 0. The molecule has 1 aromatic carbocycles. The van der Waals surface area contributed by atoms with Gasteiger partial charge in [-0.15, -0.1) is 0 Å². The highest BCUT2D eigenvalue weighted by Crippen LogP contribution is 2.32. The third kappa shape index (κ3) is 10.2. The van der Waals surface area contributed by atoms with Crippen molar-refractivity contribution in [3.8, 4) is 0 Å². The second kappa shape index (κ2) is 16.7. The number of aryl methyl sites for hydroxylation is 1. The van der Waals surface area contributed by atoms with Crippen molar-refractivity contribution in [3.05, 3.63) is 34.4 Å². The molecule has 0 saturated heterocycles. The molecule has 0 amide bonds.